The summed E-state index contributed by atoms with van der Waals surface area (Å²) in [5.74, 6) is -0.208. The zero-order valence-electron chi connectivity index (χ0n) is 19.4. The van der Waals surface area contributed by atoms with Crippen LogP contribution in [0.2, 0.25) is 5.02 Å². The molecule has 1 heterocycles. The minimum atomic E-state index is -0.287. The second kappa shape index (κ2) is 11.6. The topological polar surface area (TPSA) is 32.8 Å². The normalized spacial score (nSPS) is 15.3. The second-order valence-electron chi connectivity index (χ2n) is 8.82. The van der Waals surface area contributed by atoms with Gasteiger partial charge < -0.3 is 9.64 Å². The fourth-order valence-corrected chi connectivity index (χ4v) is 4.36. The lowest BCUT2D eigenvalue weighted by Crippen LogP contribution is -2.50. The monoisotopic (exact) mass is 480 g/mol. The molecule has 0 saturated carbocycles. The molecular formula is C28H30ClFN2O2. The molecule has 1 aliphatic heterocycles. The van der Waals surface area contributed by atoms with Crippen molar-refractivity contribution >= 4 is 17.5 Å². The molecule has 0 unspecified atom stereocenters. The first kappa shape index (κ1) is 24.4. The van der Waals surface area contributed by atoms with Crippen molar-refractivity contribution < 1.29 is 13.9 Å². The van der Waals surface area contributed by atoms with E-state index in [0.717, 1.165) is 36.3 Å². The Morgan fingerprint density at radius 3 is 2.35 bits per heavy atom. The van der Waals surface area contributed by atoms with Gasteiger partial charge in [0.1, 0.15) is 5.82 Å². The Kier molecular flexibility index (Phi) is 8.33. The minimum Gasteiger partial charge on any atom is -0.368 e. The largest absolute Gasteiger partial charge is 0.368 e. The molecule has 0 spiro atoms. The highest BCUT2D eigenvalue weighted by Crippen LogP contribution is 2.23. The Morgan fingerprint density at radius 2 is 1.68 bits per heavy atom. The fraction of sp³-hybridized carbons (Fsp3) is 0.321. The number of piperazine rings is 1. The van der Waals surface area contributed by atoms with E-state index in [1.165, 1.54) is 17.7 Å². The summed E-state index contributed by atoms with van der Waals surface area (Å²) in [5, 5.41) is 0.703. The molecule has 0 aromatic heterocycles. The predicted molar refractivity (Wildman–Crippen MR) is 133 cm³/mol. The van der Waals surface area contributed by atoms with E-state index in [1.54, 1.807) is 12.1 Å². The van der Waals surface area contributed by atoms with E-state index in [-0.39, 0.29) is 17.8 Å². The van der Waals surface area contributed by atoms with Crippen molar-refractivity contribution in [3.63, 3.8) is 0 Å². The molecule has 1 aliphatic rings. The van der Waals surface area contributed by atoms with Gasteiger partial charge in [-0.15, -0.1) is 0 Å². The van der Waals surface area contributed by atoms with Gasteiger partial charge in [0, 0.05) is 37.7 Å². The lowest BCUT2D eigenvalue weighted by Gasteiger charge is -2.36. The molecule has 4 rings (SSSR count). The number of halogens is 2. The summed E-state index contributed by atoms with van der Waals surface area (Å²) < 4.78 is 19.5. The van der Waals surface area contributed by atoms with Gasteiger partial charge in [-0.2, -0.15) is 0 Å². The quantitative estimate of drug-likeness (QED) is 0.431. The van der Waals surface area contributed by atoms with E-state index < -0.39 is 0 Å². The van der Waals surface area contributed by atoms with Gasteiger partial charge in [-0.25, -0.2) is 4.39 Å². The smallest absolute Gasteiger partial charge is 0.227 e. The van der Waals surface area contributed by atoms with Crippen molar-refractivity contribution in [2.45, 2.75) is 26.1 Å². The Morgan fingerprint density at radius 1 is 0.971 bits per heavy atom. The molecular weight excluding hydrogens is 451 g/mol. The molecule has 0 aliphatic carbocycles. The third kappa shape index (κ3) is 6.89. The molecule has 1 amide bonds. The van der Waals surface area contributed by atoms with Crippen molar-refractivity contribution in [3.05, 3.63) is 106 Å². The number of hydrogen-bond acceptors (Lipinski definition) is 3. The summed E-state index contributed by atoms with van der Waals surface area (Å²) in [4.78, 5) is 16.9. The summed E-state index contributed by atoms with van der Waals surface area (Å²) in [5.41, 5.74) is 4.29. The maximum Gasteiger partial charge on any atom is 0.227 e. The van der Waals surface area contributed by atoms with Gasteiger partial charge in [-0.3, -0.25) is 9.69 Å². The van der Waals surface area contributed by atoms with E-state index in [0.29, 0.717) is 31.1 Å². The van der Waals surface area contributed by atoms with Crippen LogP contribution in [0.3, 0.4) is 0 Å². The van der Waals surface area contributed by atoms with Crippen molar-refractivity contribution in [3.8, 4) is 0 Å². The Hall–Kier alpha value is -2.73. The van der Waals surface area contributed by atoms with Crippen LogP contribution in [0.15, 0.2) is 72.8 Å². The van der Waals surface area contributed by atoms with Crippen molar-refractivity contribution in [2.24, 2.45) is 0 Å². The lowest BCUT2D eigenvalue weighted by molar-refractivity contribution is -0.132. The first-order valence-corrected chi connectivity index (χ1v) is 12.0. The summed E-state index contributed by atoms with van der Waals surface area (Å²) in [6, 6.07) is 22.3. The van der Waals surface area contributed by atoms with Crippen molar-refractivity contribution in [1.82, 2.24) is 9.80 Å². The maximum atomic E-state index is 13.1. The molecule has 3 aromatic carbocycles. The number of ether oxygens (including phenoxy) is 1. The van der Waals surface area contributed by atoms with Crippen LogP contribution in [0.1, 0.15) is 28.4 Å². The highest BCUT2D eigenvalue weighted by Gasteiger charge is 2.24. The number of nitrogens with zero attached hydrogens (tertiary/aromatic N) is 2. The van der Waals surface area contributed by atoms with Crippen LogP contribution < -0.4 is 0 Å². The van der Waals surface area contributed by atoms with Gasteiger partial charge in [0.2, 0.25) is 5.91 Å². The summed E-state index contributed by atoms with van der Waals surface area (Å²) in [6.07, 6.45) is 0.201. The second-order valence-corrected chi connectivity index (χ2v) is 9.26. The number of hydrogen-bond donors (Lipinski definition) is 0. The standard InChI is InChI=1S/C28H30ClFN2O2/c1-21-3-2-4-23(17-21)20-34-27(24-7-9-25(29)10-8-24)19-31-13-15-32(16-14-31)28(33)18-22-5-11-26(30)12-6-22/h2-12,17,27H,13-16,18-20H2,1H3/t27-/m0/s1. The molecule has 178 valence electrons. The van der Waals surface area contributed by atoms with Crippen LogP contribution >= 0.6 is 11.6 Å². The van der Waals surface area contributed by atoms with Crippen LogP contribution in [-0.4, -0.2) is 48.4 Å². The third-order valence-corrected chi connectivity index (χ3v) is 6.45. The lowest BCUT2D eigenvalue weighted by atomic mass is 10.1. The van der Waals surface area contributed by atoms with E-state index in [4.69, 9.17) is 16.3 Å². The van der Waals surface area contributed by atoms with E-state index >= 15 is 0 Å². The first-order valence-electron chi connectivity index (χ1n) is 11.6. The maximum absolute atomic E-state index is 13.1. The molecule has 1 atom stereocenters. The Bertz CT molecular complexity index is 1080. The van der Waals surface area contributed by atoms with Gasteiger partial charge in [0.15, 0.2) is 0 Å². The van der Waals surface area contributed by atoms with Gasteiger partial charge in [-0.1, -0.05) is 65.7 Å². The third-order valence-electron chi connectivity index (χ3n) is 6.19. The van der Waals surface area contributed by atoms with E-state index in [2.05, 4.69) is 30.0 Å². The van der Waals surface area contributed by atoms with E-state index in [1.807, 2.05) is 35.2 Å². The summed E-state index contributed by atoms with van der Waals surface area (Å²) in [6.45, 7) is 6.27. The molecule has 1 fully saturated rings. The molecule has 1 saturated heterocycles. The van der Waals surface area contributed by atoms with Crippen molar-refractivity contribution in [2.75, 3.05) is 32.7 Å². The Balaban J connectivity index is 1.34. The fourth-order valence-electron chi connectivity index (χ4n) is 4.23. The van der Waals surface area contributed by atoms with Crippen LogP contribution in [0.25, 0.3) is 0 Å². The summed E-state index contributed by atoms with van der Waals surface area (Å²) >= 11 is 6.10. The molecule has 4 nitrogen and oxygen atoms in total. The molecule has 0 N–H and O–H groups in total. The predicted octanol–water partition coefficient (Wildman–Crippen LogP) is 5.43. The van der Waals surface area contributed by atoms with E-state index in [9.17, 15) is 9.18 Å². The average molecular weight is 481 g/mol. The van der Waals surface area contributed by atoms with Crippen LogP contribution in [0.4, 0.5) is 4.39 Å². The number of carbonyl (C=O) groups excluding carboxylic acids is 1. The molecule has 0 radical (unpaired) electrons. The van der Waals surface area contributed by atoms with Crippen LogP contribution in [0, 0.1) is 12.7 Å². The summed E-state index contributed by atoms with van der Waals surface area (Å²) in [7, 11) is 0. The first-order chi connectivity index (χ1) is 16.5. The van der Waals surface area contributed by atoms with Gasteiger partial charge in [0.05, 0.1) is 19.1 Å². The van der Waals surface area contributed by atoms with Gasteiger partial charge >= 0.3 is 0 Å². The van der Waals surface area contributed by atoms with Crippen LogP contribution in [-0.2, 0) is 22.6 Å². The molecule has 0 bridgehead atoms. The number of rotatable bonds is 8. The van der Waals surface area contributed by atoms with Crippen LogP contribution in [0.5, 0.6) is 0 Å². The zero-order valence-corrected chi connectivity index (χ0v) is 20.2. The number of amides is 1. The Labute approximate surface area is 205 Å². The van der Waals surface area contributed by atoms with Gasteiger partial charge in [-0.05, 0) is 47.9 Å². The van der Waals surface area contributed by atoms with Gasteiger partial charge in [0.25, 0.3) is 0 Å². The number of carbonyl (C=O) groups is 1. The molecule has 6 heteroatoms. The zero-order chi connectivity index (χ0) is 23.9. The average Bonchev–Trinajstić information content (AvgIpc) is 2.84. The highest BCUT2D eigenvalue weighted by molar-refractivity contribution is 6.30. The SMILES string of the molecule is Cc1cccc(CO[C@@H](CN2CCN(C(=O)Cc3ccc(F)cc3)CC2)c2ccc(Cl)cc2)c1. The number of benzene rings is 3. The number of aryl methyl sites for hydroxylation is 1. The molecule has 3 aromatic rings. The minimum absolute atomic E-state index is 0.0798. The van der Waals surface area contributed by atoms with Crippen molar-refractivity contribution in [1.29, 1.82) is 0 Å². The molecule has 34 heavy (non-hydrogen) atoms. The highest BCUT2D eigenvalue weighted by atomic mass is 35.5.